The Hall–Kier alpha value is -3.08. The predicted molar refractivity (Wildman–Crippen MR) is 127 cm³/mol. The summed E-state index contributed by atoms with van der Waals surface area (Å²) in [5.74, 6) is 1.23. The van der Waals surface area contributed by atoms with Crippen molar-refractivity contribution in [3.63, 3.8) is 0 Å². The lowest BCUT2D eigenvalue weighted by Crippen LogP contribution is -2.25. The van der Waals surface area contributed by atoms with Gasteiger partial charge in [-0.25, -0.2) is 4.79 Å². The molecular weight excluding hydrogens is 454 g/mol. The largest absolute Gasteiger partial charge is 0.488 e. The molecule has 3 rings (SSSR count). The molecule has 0 bridgehead atoms. The van der Waals surface area contributed by atoms with Gasteiger partial charge in [0.25, 0.3) is 0 Å². The Balaban J connectivity index is 1.71. The summed E-state index contributed by atoms with van der Waals surface area (Å²) in [4.78, 5) is 16.2. The van der Waals surface area contributed by atoms with Crippen LogP contribution < -0.4 is 9.47 Å². The molecule has 10 heteroatoms. The Morgan fingerprint density at radius 3 is 2.69 bits per heavy atom. The fourth-order valence-corrected chi connectivity index (χ4v) is 3.18. The molecule has 1 unspecified atom stereocenters. The molecule has 0 N–H and O–H groups in total. The minimum Gasteiger partial charge on any atom is -0.488 e. The van der Waals surface area contributed by atoms with Gasteiger partial charge in [-0.2, -0.15) is 10.2 Å². The highest BCUT2D eigenvalue weighted by atomic mass is 16.5. The number of rotatable bonds is 13. The van der Waals surface area contributed by atoms with E-state index in [1.165, 1.54) is 0 Å². The van der Waals surface area contributed by atoms with E-state index < -0.39 is 12.0 Å². The molecule has 1 aliphatic rings. The summed E-state index contributed by atoms with van der Waals surface area (Å²) >= 11 is 0. The van der Waals surface area contributed by atoms with Gasteiger partial charge in [0.05, 0.1) is 51.5 Å². The summed E-state index contributed by atoms with van der Waals surface area (Å²) < 4.78 is 33.1. The van der Waals surface area contributed by atoms with Crippen LogP contribution in [0.15, 0.2) is 46.8 Å². The van der Waals surface area contributed by atoms with Crippen molar-refractivity contribution >= 4 is 11.7 Å². The number of azo groups is 1. The van der Waals surface area contributed by atoms with Gasteiger partial charge in [0.2, 0.25) is 0 Å². The summed E-state index contributed by atoms with van der Waals surface area (Å²) in [5.41, 5.74) is 1.30. The Labute approximate surface area is 205 Å². The first-order valence-electron chi connectivity index (χ1n) is 11.7. The van der Waals surface area contributed by atoms with Gasteiger partial charge < -0.3 is 28.4 Å². The highest BCUT2D eigenvalue weighted by Crippen LogP contribution is 2.35. The number of pyridine rings is 1. The number of carbonyl (C=O) groups excluding carboxylic acids is 1. The first-order valence-corrected chi connectivity index (χ1v) is 11.7. The summed E-state index contributed by atoms with van der Waals surface area (Å²) in [7, 11) is 1.63. The standard InChI is InChI=1S/C25H33N3O7/c1-4-33-25(29)18(2)27-28-23-8-7-21(15-24(23)35-20-9-11-31-12-10-20)34-22-6-5-19(26-16-22)17-32-14-13-30-3/h5-8,15-16,18,20H,4,9-14,17H2,1-3H3. The van der Waals surface area contributed by atoms with E-state index in [1.807, 2.05) is 12.1 Å². The van der Waals surface area contributed by atoms with Gasteiger partial charge in [-0.1, -0.05) is 0 Å². The van der Waals surface area contributed by atoms with Crippen LogP contribution in [0.1, 0.15) is 32.4 Å². The number of esters is 1. The maximum atomic E-state index is 11.9. The van der Waals surface area contributed by atoms with Crippen molar-refractivity contribution in [2.45, 2.75) is 45.4 Å². The minimum atomic E-state index is -0.718. The first kappa shape index (κ1) is 26.5. The molecule has 1 aromatic carbocycles. The summed E-state index contributed by atoms with van der Waals surface area (Å²) in [6.07, 6.45) is 3.19. The molecule has 0 amide bonds. The van der Waals surface area contributed by atoms with E-state index in [0.29, 0.717) is 62.6 Å². The average molecular weight is 488 g/mol. The molecule has 10 nitrogen and oxygen atoms in total. The van der Waals surface area contributed by atoms with Crippen LogP contribution in [0.2, 0.25) is 0 Å². The predicted octanol–water partition coefficient (Wildman–Crippen LogP) is 4.63. The van der Waals surface area contributed by atoms with E-state index in [2.05, 4.69) is 15.2 Å². The molecule has 0 saturated carbocycles. The number of carbonyl (C=O) groups is 1. The van der Waals surface area contributed by atoms with Crippen LogP contribution in [0.4, 0.5) is 5.69 Å². The Morgan fingerprint density at radius 1 is 1.17 bits per heavy atom. The highest BCUT2D eigenvalue weighted by Gasteiger charge is 2.19. The van der Waals surface area contributed by atoms with Crippen molar-refractivity contribution in [2.24, 2.45) is 10.2 Å². The van der Waals surface area contributed by atoms with Crippen LogP contribution in [0.5, 0.6) is 17.2 Å². The van der Waals surface area contributed by atoms with Crippen molar-refractivity contribution in [2.75, 3.05) is 40.1 Å². The van der Waals surface area contributed by atoms with Crippen LogP contribution in [0, 0.1) is 0 Å². The van der Waals surface area contributed by atoms with Crippen LogP contribution in [0.3, 0.4) is 0 Å². The third-order valence-corrected chi connectivity index (χ3v) is 5.07. The molecular formula is C25H33N3O7. The van der Waals surface area contributed by atoms with Gasteiger partial charge in [0.15, 0.2) is 11.8 Å². The van der Waals surface area contributed by atoms with E-state index >= 15 is 0 Å². The van der Waals surface area contributed by atoms with Gasteiger partial charge in [-0.15, -0.1) is 0 Å². The van der Waals surface area contributed by atoms with E-state index in [9.17, 15) is 4.79 Å². The maximum Gasteiger partial charge on any atom is 0.332 e. The van der Waals surface area contributed by atoms with E-state index in [-0.39, 0.29) is 6.10 Å². The van der Waals surface area contributed by atoms with Crippen molar-refractivity contribution in [1.82, 2.24) is 4.98 Å². The topological polar surface area (TPSA) is 110 Å². The molecule has 35 heavy (non-hydrogen) atoms. The highest BCUT2D eigenvalue weighted by molar-refractivity contribution is 5.75. The summed E-state index contributed by atoms with van der Waals surface area (Å²) in [6, 6.07) is 8.24. The normalized spacial score (nSPS) is 15.2. The SMILES string of the molecule is CCOC(=O)C(C)N=Nc1ccc(Oc2ccc(COCCOC)nc2)cc1OC1CCOCC1. The fraction of sp³-hybridized carbons (Fsp3) is 0.520. The molecule has 2 aromatic rings. The van der Waals surface area contributed by atoms with Crippen molar-refractivity contribution in [1.29, 1.82) is 0 Å². The average Bonchev–Trinajstić information content (AvgIpc) is 2.88. The zero-order valence-electron chi connectivity index (χ0n) is 20.5. The minimum absolute atomic E-state index is 0.00510. The molecule has 190 valence electrons. The number of aromatic nitrogens is 1. The molecule has 0 aliphatic carbocycles. The van der Waals surface area contributed by atoms with Gasteiger partial charge in [0.1, 0.15) is 23.3 Å². The van der Waals surface area contributed by atoms with Crippen molar-refractivity contribution in [3.8, 4) is 17.2 Å². The number of nitrogens with zero attached hydrogens (tertiary/aromatic N) is 3. The van der Waals surface area contributed by atoms with Gasteiger partial charge in [-0.3, -0.25) is 4.98 Å². The van der Waals surface area contributed by atoms with Crippen molar-refractivity contribution < 1.29 is 33.2 Å². The van der Waals surface area contributed by atoms with Gasteiger partial charge in [-0.05, 0) is 38.1 Å². The molecule has 0 radical (unpaired) electrons. The molecule has 2 heterocycles. The molecule has 1 atom stereocenters. The zero-order valence-corrected chi connectivity index (χ0v) is 20.5. The summed E-state index contributed by atoms with van der Waals surface area (Å²) in [6.45, 7) is 6.41. The number of ether oxygens (including phenoxy) is 6. The van der Waals surface area contributed by atoms with Crippen LogP contribution in [-0.4, -0.2) is 63.2 Å². The number of benzene rings is 1. The Bertz CT molecular complexity index is 947. The number of hydrogen-bond donors (Lipinski definition) is 0. The van der Waals surface area contributed by atoms with Gasteiger partial charge in [0, 0.05) is 26.0 Å². The Kier molecular flexibility index (Phi) is 10.9. The molecule has 0 spiro atoms. The molecule has 1 saturated heterocycles. The van der Waals surface area contributed by atoms with Crippen LogP contribution >= 0.6 is 0 Å². The zero-order chi connectivity index (χ0) is 24.9. The third-order valence-electron chi connectivity index (χ3n) is 5.07. The quantitative estimate of drug-likeness (QED) is 0.228. The number of hydrogen-bond acceptors (Lipinski definition) is 10. The molecule has 1 fully saturated rings. The summed E-state index contributed by atoms with van der Waals surface area (Å²) in [5, 5.41) is 8.35. The molecule has 1 aliphatic heterocycles. The second kappa shape index (κ2) is 14.3. The third kappa shape index (κ3) is 8.89. The van der Waals surface area contributed by atoms with Crippen molar-refractivity contribution in [3.05, 3.63) is 42.2 Å². The monoisotopic (exact) mass is 487 g/mol. The van der Waals surface area contributed by atoms with E-state index in [4.69, 9.17) is 28.4 Å². The van der Waals surface area contributed by atoms with E-state index in [1.54, 1.807) is 45.4 Å². The van der Waals surface area contributed by atoms with E-state index in [0.717, 1.165) is 18.5 Å². The lowest BCUT2D eigenvalue weighted by molar-refractivity contribution is -0.144. The van der Waals surface area contributed by atoms with Gasteiger partial charge >= 0.3 is 5.97 Å². The first-order chi connectivity index (χ1) is 17.1. The molecule has 1 aromatic heterocycles. The second-order valence-corrected chi connectivity index (χ2v) is 7.84. The fourth-order valence-electron chi connectivity index (χ4n) is 3.18. The maximum absolute atomic E-state index is 11.9. The lowest BCUT2D eigenvalue weighted by atomic mass is 10.1. The Morgan fingerprint density at radius 2 is 1.97 bits per heavy atom. The second-order valence-electron chi connectivity index (χ2n) is 7.84. The van der Waals surface area contributed by atoms with Crippen LogP contribution in [0.25, 0.3) is 0 Å². The number of methoxy groups -OCH3 is 1. The smallest absolute Gasteiger partial charge is 0.332 e. The van der Waals surface area contributed by atoms with Crippen LogP contribution in [-0.2, 0) is 30.3 Å². The lowest BCUT2D eigenvalue weighted by Gasteiger charge is -2.24.